The summed E-state index contributed by atoms with van der Waals surface area (Å²) in [6.07, 6.45) is 2.25. The van der Waals surface area contributed by atoms with Crippen molar-refractivity contribution in [3.8, 4) is 0 Å². The van der Waals surface area contributed by atoms with Gasteiger partial charge in [-0.25, -0.2) is 0 Å². The summed E-state index contributed by atoms with van der Waals surface area (Å²) < 4.78 is 0. The van der Waals surface area contributed by atoms with Gasteiger partial charge in [-0.15, -0.1) is 0 Å². The van der Waals surface area contributed by atoms with Crippen molar-refractivity contribution in [1.29, 1.82) is 0 Å². The van der Waals surface area contributed by atoms with Gasteiger partial charge >= 0.3 is 0 Å². The van der Waals surface area contributed by atoms with Crippen LogP contribution in [0.15, 0.2) is 34.9 Å². The molecule has 0 fully saturated rings. The molecule has 74 valence electrons. The lowest BCUT2D eigenvalue weighted by Crippen LogP contribution is -1.92. The molecule has 0 heterocycles. The fourth-order valence-electron chi connectivity index (χ4n) is 1.09. The molecule has 0 aromatic rings. The molecule has 0 unspecified atom stereocenters. The van der Waals surface area contributed by atoms with Gasteiger partial charge in [0.2, 0.25) is 0 Å². The Bertz CT molecular complexity index is 245. The third-order valence-electron chi connectivity index (χ3n) is 2.28. The van der Waals surface area contributed by atoms with Crippen LogP contribution < -0.4 is 0 Å². The minimum Gasteiger partial charge on any atom is -0.0955 e. The van der Waals surface area contributed by atoms with Crippen LogP contribution in [0, 0.1) is 5.92 Å². The highest BCUT2D eigenvalue weighted by atomic mass is 14.1. The van der Waals surface area contributed by atoms with Crippen molar-refractivity contribution in [3.05, 3.63) is 34.9 Å². The van der Waals surface area contributed by atoms with Crippen LogP contribution in [-0.4, -0.2) is 0 Å². The average Bonchev–Trinajstić information content (AvgIpc) is 1.97. The Morgan fingerprint density at radius 2 is 1.54 bits per heavy atom. The lowest BCUT2D eigenvalue weighted by molar-refractivity contribution is 0.768. The average molecular weight is 178 g/mol. The van der Waals surface area contributed by atoms with E-state index < -0.39 is 0 Å². The Kier molecular flexibility index (Phi) is 4.76. The maximum atomic E-state index is 3.99. The van der Waals surface area contributed by atoms with Crippen molar-refractivity contribution in [2.45, 2.75) is 41.5 Å². The van der Waals surface area contributed by atoms with Gasteiger partial charge in [-0.2, -0.15) is 0 Å². The standard InChI is InChI=1S/C13H22/c1-9(2)12(7)8-13(10(3)4)11(5)6/h8-9H,3H2,1-2,4-7H3/b12-8-. The second kappa shape index (κ2) is 5.06. The first-order valence-electron chi connectivity index (χ1n) is 4.87. The minimum absolute atomic E-state index is 0.619. The normalized spacial score (nSPS) is 11.8. The largest absolute Gasteiger partial charge is 0.0955 e. The van der Waals surface area contributed by atoms with Crippen LogP contribution in [0.4, 0.5) is 0 Å². The van der Waals surface area contributed by atoms with Crippen LogP contribution >= 0.6 is 0 Å². The van der Waals surface area contributed by atoms with E-state index in [0.717, 1.165) is 5.57 Å². The van der Waals surface area contributed by atoms with Crippen LogP contribution in [0.3, 0.4) is 0 Å². The summed E-state index contributed by atoms with van der Waals surface area (Å²) in [5.74, 6) is 0.619. The molecule has 0 aromatic carbocycles. The zero-order chi connectivity index (χ0) is 10.6. The molecule has 0 rings (SSSR count). The lowest BCUT2D eigenvalue weighted by Gasteiger charge is -2.09. The van der Waals surface area contributed by atoms with Crippen molar-refractivity contribution in [1.82, 2.24) is 0 Å². The summed E-state index contributed by atoms with van der Waals surface area (Å²) in [4.78, 5) is 0. The summed E-state index contributed by atoms with van der Waals surface area (Å²) in [6.45, 7) is 16.9. The van der Waals surface area contributed by atoms with Gasteiger partial charge in [0.15, 0.2) is 0 Å². The van der Waals surface area contributed by atoms with Gasteiger partial charge in [0, 0.05) is 0 Å². The maximum absolute atomic E-state index is 3.99. The molecule has 0 atom stereocenters. The molecule has 0 saturated heterocycles. The first kappa shape index (κ1) is 12.2. The SMILES string of the molecule is C=C(C)C(/C=C(/C)C(C)C)=C(C)C. The Hall–Kier alpha value is -0.780. The van der Waals surface area contributed by atoms with E-state index in [0.29, 0.717) is 5.92 Å². The van der Waals surface area contributed by atoms with E-state index in [1.54, 1.807) is 0 Å². The molecule has 0 spiro atoms. The molecular weight excluding hydrogens is 156 g/mol. The van der Waals surface area contributed by atoms with E-state index in [1.165, 1.54) is 16.7 Å². The first-order chi connectivity index (χ1) is 5.86. The molecule has 0 saturated carbocycles. The van der Waals surface area contributed by atoms with Gasteiger partial charge in [0.05, 0.1) is 0 Å². The van der Waals surface area contributed by atoms with Gasteiger partial charge < -0.3 is 0 Å². The van der Waals surface area contributed by atoms with Crippen LogP contribution in [0.2, 0.25) is 0 Å². The van der Waals surface area contributed by atoms with Gasteiger partial charge in [-0.3, -0.25) is 0 Å². The predicted octanol–water partition coefficient (Wildman–Crippen LogP) is 4.50. The highest BCUT2D eigenvalue weighted by molar-refractivity contribution is 5.41. The molecule has 0 aliphatic heterocycles. The van der Waals surface area contributed by atoms with E-state index in [9.17, 15) is 0 Å². The summed E-state index contributed by atoms with van der Waals surface area (Å²) in [6, 6.07) is 0. The van der Waals surface area contributed by atoms with Crippen LogP contribution in [0.25, 0.3) is 0 Å². The second-order valence-corrected chi connectivity index (χ2v) is 4.24. The van der Waals surface area contributed by atoms with Crippen molar-refractivity contribution < 1.29 is 0 Å². The molecule has 0 radical (unpaired) electrons. The van der Waals surface area contributed by atoms with E-state index in [2.05, 4.69) is 54.2 Å². The molecular formula is C13H22. The number of hydrogen-bond donors (Lipinski definition) is 0. The Morgan fingerprint density at radius 1 is 1.08 bits per heavy atom. The minimum atomic E-state index is 0.619. The highest BCUT2D eigenvalue weighted by Gasteiger charge is 2.00. The molecule has 0 amide bonds. The molecule has 0 aromatic heterocycles. The van der Waals surface area contributed by atoms with Crippen molar-refractivity contribution in [2.75, 3.05) is 0 Å². The molecule has 0 N–H and O–H groups in total. The third kappa shape index (κ3) is 4.12. The van der Waals surface area contributed by atoms with Gasteiger partial charge in [-0.1, -0.05) is 43.2 Å². The van der Waals surface area contributed by atoms with Crippen LogP contribution in [0.5, 0.6) is 0 Å². The number of hydrogen-bond acceptors (Lipinski definition) is 0. The Labute approximate surface area is 83.0 Å². The monoisotopic (exact) mass is 178 g/mol. The highest BCUT2D eigenvalue weighted by Crippen LogP contribution is 2.19. The predicted molar refractivity (Wildman–Crippen MR) is 61.8 cm³/mol. The zero-order valence-electron chi connectivity index (χ0n) is 9.86. The van der Waals surface area contributed by atoms with Crippen LogP contribution in [-0.2, 0) is 0 Å². The molecule has 0 aliphatic rings. The summed E-state index contributed by atoms with van der Waals surface area (Å²) >= 11 is 0. The first-order valence-corrected chi connectivity index (χ1v) is 4.87. The number of rotatable bonds is 3. The van der Waals surface area contributed by atoms with E-state index in [1.807, 2.05) is 0 Å². The second-order valence-electron chi connectivity index (χ2n) is 4.24. The molecule has 0 heteroatoms. The fraction of sp³-hybridized carbons (Fsp3) is 0.538. The van der Waals surface area contributed by atoms with E-state index in [4.69, 9.17) is 0 Å². The molecule has 0 bridgehead atoms. The quantitative estimate of drug-likeness (QED) is 0.558. The van der Waals surface area contributed by atoms with Gasteiger partial charge in [-0.05, 0) is 39.2 Å². The van der Waals surface area contributed by atoms with Crippen molar-refractivity contribution in [3.63, 3.8) is 0 Å². The lowest BCUT2D eigenvalue weighted by atomic mass is 9.97. The van der Waals surface area contributed by atoms with Crippen LogP contribution in [0.1, 0.15) is 41.5 Å². The Balaban J connectivity index is 4.94. The summed E-state index contributed by atoms with van der Waals surface area (Å²) in [7, 11) is 0. The van der Waals surface area contributed by atoms with Crippen molar-refractivity contribution in [2.24, 2.45) is 5.92 Å². The fourth-order valence-corrected chi connectivity index (χ4v) is 1.09. The number of allylic oxidation sites excluding steroid dienone is 5. The van der Waals surface area contributed by atoms with E-state index in [-0.39, 0.29) is 0 Å². The zero-order valence-corrected chi connectivity index (χ0v) is 9.86. The maximum Gasteiger partial charge on any atom is -0.0247 e. The molecule has 0 nitrogen and oxygen atoms in total. The van der Waals surface area contributed by atoms with E-state index >= 15 is 0 Å². The van der Waals surface area contributed by atoms with Crippen molar-refractivity contribution >= 4 is 0 Å². The summed E-state index contributed by atoms with van der Waals surface area (Å²) in [5.41, 5.74) is 5.21. The molecule has 0 aliphatic carbocycles. The Morgan fingerprint density at radius 3 is 1.77 bits per heavy atom. The van der Waals surface area contributed by atoms with Gasteiger partial charge in [0.1, 0.15) is 0 Å². The third-order valence-corrected chi connectivity index (χ3v) is 2.28. The summed E-state index contributed by atoms with van der Waals surface area (Å²) in [5, 5.41) is 0. The van der Waals surface area contributed by atoms with Gasteiger partial charge in [0.25, 0.3) is 0 Å². The molecule has 13 heavy (non-hydrogen) atoms. The topological polar surface area (TPSA) is 0 Å². The smallest absolute Gasteiger partial charge is 0.0247 e.